The molecule has 1 atom stereocenters. The van der Waals surface area contributed by atoms with Crippen molar-refractivity contribution in [2.45, 2.75) is 43.5 Å². The van der Waals surface area contributed by atoms with Crippen molar-refractivity contribution in [3.05, 3.63) is 54.1 Å². The van der Waals surface area contributed by atoms with Crippen molar-refractivity contribution in [3.8, 4) is 11.1 Å². The lowest BCUT2D eigenvalue weighted by Gasteiger charge is -2.28. The molecule has 0 N–H and O–H groups in total. The molecule has 30 heavy (non-hydrogen) atoms. The first-order chi connectivity index (χ1) is 14.5. The molecule has 160 valence electrons. The largest absolute Gasteiger partial charge is 0.334 e. The van der Waals surface area contributed by atoms with Gasteiger partial charge in [0.25, 0.3) is 5.91 Å². The molecule has 0 radical (unpaired) electrons. The number of sulfone groups is 1. The second-order valence-electron chi connectivity index (χ2n) is 8.31. The second kappa shape index (κ2) is 8.90. The van der Waals surface area contributed by atoms with Crippen LogP contribution in [0.5, 0.6) is 0 Å². The number of benzene rings is 2. The maximum absolute atomic E-state index is 13.1. The summed E-state index contributed by atoms with van der Waals surface area (Å²) in [5.74, 6) is 0.214. The SMILES string of the molecule is CCS(=O)(=O)c1ccc(-c2ccc(C(=O)N3CCCC3CN3CCCC3)cc2)cc1. The van der Waals surface area contributed by atoms with Gasteiger partial charge in [-0.3, -0.25) is 4.79 Å². The molecule has 0 bridgehead atoms. The van der Waals surface area contributed by atoms with Gasteiger partial charge in [0.2, 0.25) is 0 Å². The van der Waals surface area contributed by atoms with E-state index in [1.807, 2.05) is 36.4 Å². The molecule has 4 rings (SSSR count). The van der Waals surface area contributed by atoms with Crippen molar-refractivity contribution in [3.63, 3.8) is 0 Å². The van der Waals surface area contributed by atoms with Crippen LogP contribution in [-0.4, -0.2) is 62.1 Å². The number of carbonyl (C=O) groups excluding carboxylic acids is 1. The Kier molecular flexibility index (Phi) is 6.25. The molecule has 0 spiro atoms. The third-order valence-electron chi connectivity index (χ3n) is 6.36. The Hall–Kier alpha value is -2.18. The summed E-state index contributed by atoms with van der Waals surface area (Å²) in [4.78, 5) is 18.0. The van der Waals surface area contributed by atoms with E-state index in [-0.39, 0.29) is 11.7 Å². The van der Waals surface area contributed by atoms with Gasteiger partial charge in [0.15, 0.2) is 9.84 Å². The zero-order chi connectivity index (χ0) is 21.1. The van der Waals surface area contributed by atoms with Crippen LogP contribution in [0.3, 0.4) is 0 Å². The van der Waals surface area contributed by atoms with Crippen molar-refractivity contribution < 1.29 is 13.2 Å². The van der Waals surface area contributed by atoms with Gasteiger partial charge in [-0.2, -0.15) is 0 Å². The maximum Gasteiger partial charge on any atom is 0.254 e. The van der Waals surface area contributed by atoms with Crippen LogP contribution in [0.25, 0.3) is 11.1 Å². The van der Waals surface area contributed by atoms with Crippen LogP contribution in [0.4, 0.5) is 0 Å². The Labute approximate surface area is 179 Å². The molecule has 0 aromatic heterocycles. The van der Waals surface area contributed by atoms with Gasteiger partial charge in [0.1, 0.15) is 0 Å². The highest BCUT2D eigenvalue weighted by Gasteiger charge is 2.31. The zero-order valence-electron chi connectivity index (χ0n) is 17.6. The highest BCUT2D eigenvalue weighted by Crippen LogP contribution is 2.25. The van der Waals surface area contributed by atoms with Crippen molar-refractivity contribution in [2.24, 2.45) is 0 Å². The Morgan fingerprint density at radius 2 is 1.50 bits per heavy atom. The van der Waals surface area contributed by atoms with Crippen LogP contribution in [0.15, 0.2) is 53.4 Å². The molecule has 2 aromatic carbocycles. The number of nitrogens with zero attached hydrogens (tertiary/aromatic N) is 2. The fraction of sp³-hybridized carbons (Fsp3) is 0.458. The molecular formula is C24H30N2O3S. The molecule has 0 saturated carbocycles. The monoisotopic (exact) mass is 426 g/mol. The van der Waals surface area contributed by atoms with Gasteiger partial charge in [-0.15, -0.1) is 0 Å². The molecule has 2 aromatic rings. The Balaban J connectivity index is 1.45. The smallest absolute Gasteiger partial charge is 0.254 e. The van der Waals surface area contributed by atoms with Gasteiger partial charge in [-0.25, -0.2) is 8.42 Å². The minimum Gasteiger partial charge on any atom is -0.334 e. The van der Waals surface area contributed by atoms with E-state index in [0.29, 0.717) is 10.9 Å². The van der Waals surface area contributed by atoms with E-state index in [1.165, 1.54) is 12.8 Å². The summed E-state index contributed by atoms with van der Waals surface area (Å²) in [5.41, 5.74) is 2.64. The van der Waals surface area contributed by atoms with Crippen LogP contribution < -0.4 is 0 Å². The van der Waals surface area contributed by atoms with Crippen molar-refractivity contribution in [1.29, 1.82) is 0 Å². The van der Waals surface area contributed by atoms with Crippen molar-refractivity contribution >= 4 is 15.7 Å². The van der Waals surface area contributed by atoms with Gasteiger partial charge < -0.3 is 9.80 Å². The third-order valence-corrected chi connectivity index (χ3v) is 8.11. The van der Waals surface area contributed by atoms with Gasteiger partial charge in [0, 0.05) is 24.7 Å². The fourth-order valence-electron chi connectivity index (χ4n) is 4.55. The summed E-state index contributed by atoms with van der Waals surface area (Å²) in [6.45, 7) is 5.80. The summed E-state index contributed by atoms with van der Waals surface area (Å²) in [6.07, 6.45) is 4.71. The van der Waals surface area contributed by atoms with Crippen LogP contribution >= 0.6 is 0 Å². The quantitative estimate of drug-likeness (QED) is 0.704. The molecule has 2 saturated heterocycles. The summed E-state index contributed by atoms with van der Waals surface area (Å²) in [5, 5.41) is 0. The number of hydrogen-bond donors (Lipinski definition) is 0. The number of amides is 1. The first-order valence-corrected chi connectivity index (χ1v) is 12.6. The molecular weight excluding hydrogens is 396 g/mol. The summed E-state index contributed by atoms with van der Waals surface area (Å²) in [6, 6.07) is 14.9. The van der Waals surface area contributed by atoms with Crippen LogP contribution in [0.2, 0.25) is 0 Å². The van der Waals surface area contributed by atoms with E-state index < -0.39 is 9.84 Å². The molecule has 5 nitrogen and oxygen atoms in total. The number of hydrogen-bond acceptors (Lipinski definition) is 4. The highest BCUT2D eigenvalue weighted by molar-refractivity contribution is 7.91. The van der Waals surface area contributed by atoms with E-state index in [0.717, 1.165) is 55.7 Å². The molecule has 2 fully saturated rings. The minimum atomic E-state index is -3.19. The van der Waals surface area contributed by atoms with E-state index in [2.05, 4.69) is 9.80 Å². The first kappa shape index (κ1) is 21.1. The standard InChI is InChI=1S/C24H30N2O3S/c1-2-30(28,29)23-13-11-20(12-14-23)19-7-9-21(10-8-19)24(27)26-17-5-6-22(26)18-25-15-3-4-16-25/h7-14,22H,2-6,15-18H2,1H3. The summed E-state index contributed by atoms with van der Waals surface area (Å²) in [7, 11) is -3.19. The fourth-order valence-corrected chi connectivity index (χ4v) is 5.43. The average Bonchev–Trinajstić information content (AvgIpc) is 3.46. The second-order valence-corrected chi connectivity index (χ2v) is 10.6. The highest BCUT2D eigenvalue weighted by atomic mass is 32.2. The van der Waals surface area contributed by atoms with Crippen molar-refractivity contribution in [1.82, 2.24) is 9.80 Å². The van der Waals surface area contributed by atoms with Crippen LogP contribution in [-0.2, 0) is 9.84 Å². The van der Waals surface area contributed by atoms with Crippen LogP contribution in [0, 0.1) is 0 Å². The first-order valence-electron chi connectivity index (χ1n) is 10.9. The molecule has 2 heterocycles. The average molecular weight is 427 g/mol. The van der Waals surface area contributed by atoms with Gasteiger partial charge in [-0.1, -0.05) is 31.2 Å². The molecule has 1 unspecified atom stereocenters. The number of carbonyl (C=O) groups is 1. The Morgan fingerprint density at radius 1 is 0.900 bits per heavy atom. The van der Waals surface area contributed by atoms with E-state index in [9.17, 15) is 13.2 Å². The maximum atomic E-state index is 13.1. The Morgan fingerprint density at radius 3 is 2.10 bits per heavy atom. The zero-order valence-corrected chi connectivity index (χ0v) is 18.4. The Bertz CT molecular complexity index is 978. The number of rotatable bonds is 6. The summed E-state index contributed by atoms with van der Waals surface area (Å²) < 4.78 is 24.0. The minimum absolute atomic E-state index is 0.0956. The molecule has 6 heteroatoms. The predicted molar refractivity (Wildman–Crippen MR) is 119 cm³/mol. The van der Waals surface area contributed by atoms with Gasteiger partial charge in [0.05, 0.1) is 10.6 Å². The number of likely N-dealkylation sites (tertiary alicyclic amines) is 2. The topological polar surface area (TPSA) is 57.7 Å². The van der Waals surface area contributed by atoms with E-state index in [1.54, 1.807) is 19.1 Å². The summed E-state index contributed by atoms with van der Waals surface area (Å²) >= 11 is 0. The van der Waals surface area contributed by atoms with Gasteiger partial charge in [-0.05, 0) is 74.2 Å². The van der Waals surface area contributed by atoms with E-state index in [4.69, 9.17) is 0 Å². The normalized spacial score (nSPS) is 20.0. The predicted octanol–water partition coefficient (Wildman–Crippen LogP) is 3.85. The van der Waals surface area contributed by atoms with Crippen molar-refractivity contribution in [2.75, 3.05) is 31.9 Å². The molecule has 1 amide bonds. The third kappa shape index (κ3) is 4.44. The van der Waals surface area contributed by atoms with Gasteiger partial charge >= 0.3 is 0 Å². The lowest BCUT2D eigenvalue weighted by atomic mass is 10.0. The molecule has 0 aliphatic carbocycles. The molecule has 2 aliphatic heterocycles. The lowest BCUT2D eigenvalue weighted by Crippen LogP contribution is -2.42. The molecule has 2 aliphatic rings. The lowest BCUT2D eigenvalue weighted by molar-refractivity contribution is 0.0709. The van der Waals surface area contributed by atoms with E-state index >= 15 is 0 Å². The van der Waals surface area contributed by atoms with Crippen LogP contribution in [0.1, 0.15) is 43.0 Å².